The van der Waals surface area contributed by atoms with Crippen molar-refractivity contribution in [3.05, 3.63) is 163 Å². The summed E-state index contributed by atoms with van der Waals surface area (Å²) in [7, 11) is 0. The molecule has 9 rings (SSSR count). The highest BCUT2D eigenvalue weighted by Gasteiger charge is 2.65. The minimum Gasteiger partial charge on any atom is -0.459 e. The third-order valence-corrected chi connectivity index (χ3v) is 13.8. The monoisotopic (exact) mass is 934 g/mol. The second-order valence-electron chi connectivity index (χ2n) is 18.1. The van der Waals surface area contributed by atoms with E-state index >= 15 is 0 Å². The van der Waals surface area contributed by atoms with Gasteiger partial charge in [-0.2, -0.15) is 0 Å². The summed E-state index contributed by atoms with van der Waals surface area (Å²) in [6, 6.07) is 35.0. The summed E-state index contributed by atoms with van der Waals surface area (Å²) in [4.78, 5) is 22.9. The summed E-state index contributed by atoms with van der Waals surface area (Å²) >= 11 is 0. The first-order chi connectivity index (χ1) is 33.9. The molecule has 2 aliphatic carbocycles. The van der Waals surface area contributed by atoms with Crippen LogP contribution in [0.25, 0.3) is 10.8 Å². The van der Waals surface area contributed by atoms with Gasteiger partial charge in [-0.05, 0) is 114 Å². The highest BCUT2D eigenvalue weighted by molar-refractivity contribution is 6.03. The topological polar surface area (TPSA) is 138 Å². The van der Waals surface area contributed by atoms with Crippen LogP contribution in [0.5, 0.6) is 28.7 Å². The number of benzene rings is 5. The molecule has 6 unspecified atom stereocenters. The first-order valence-corrected chi connectivity index (χ1v) is 24.3. The number of rotatable bonds is 22. The van der Waals surface area contributed by atoms with E-state index in [9.17, 15) is 15.0 Å². The molecule has 6 atom stereocenters. The zero-order valence-electron chi connectivity index (χ0n) is 39.1. The zero-order valence-corrected chi connectivity index (χ0v) is 39.1. The van der Waals surface area contributed by atoms with Crippen molar-refractivity contribution in [3.63, 3.8) is 0 Å². The fourth-order valence-electron chi connectivity index (χ4n) is 10.7. The average molecular weight is 935 g/mol. The smallest absolute Gasteiger partial charge is 0.410 e. The van der Waals surface area contributed by atoms with Gasteiger partial charge in [0.25, 0.3) is 0 Å². The Morgan fingerprint density at radius 2 is 1.55 bits per heavy atom. The van der Waals surface area contributed by atoms with Crippen molar-refractivity contribution < 1.29 is 48.3 Å². The standard InChI is InChI=1S/C57H62N2O10/c1-3-5-30-63-56(62)59(36-40-21-25-51-52(31-40)65-38-64-51)53-35-49(58-67-37-39-15-7-6-8-16-39)47-33-43(19-11-13-27-60)46(20-12-14-28-61)54-48-34-45(68-44-23-22-41-17-9-10-18-42(41)32-44)24-26-50(48)69-57(53,55(47)54)66-29-4-2/h3-4,6-10,15-18,21-26,31-34,43,46,53-55,60-61H,1-2,5,11-14,19-20,27-30,35-38H2. The molecule has 2 aliphatic heterocycles. The number of aliphatic hydroxyl groups excluding tert-OH is 2. The molecule has 0 radical (unpaired) electrons. The number of carbonyl (C=O) groups excluding carboxylic acids is 1. The molecular weight excluding hydrogens is 873 g/mol. The maximum absolute atomic E-state index is 14.9. The van der Waals surface area contributed by atoms with Crippen LogP contribution in [0.1, 0.15) is 74.0 Å². The number of nitrogens with zero attached hydrogens (tertiary/aromatic N) is 2. The number of ether oxygens (including phenoxy) is 6. The van der Waals surface area contributed by atoms with Crippen LogP contribution in [0, 0.1) is 17.8 Å². The lowest BCUT2D eigenvalue weighted by Gasteiger charge is -2.59. The fraction of sp³-hybridized carbons (Fsp3) is 0.368. The molecule has 0 spiro atoms. The van der Waals surface area contributed by atoms with Crippen LogP contribution in [-0.4, -0.2) is 72.0 Å². The molecule has 69 heavy (non-hydrogen) atoms. The van der Waals surface area contributed by atoms with Crippen molar-refractivity contribution >= 4 is 22.6 Å². The first kappa shape index (κ1) is 47.5. The molecule has 2 heterocycles. The second kappa shape index (κ2) is 22.2. The molecule has 0 saturated heterocycles. The molecule has 5 aromatic rings. The highest BCUT2D eigenvalue weighted by Crippen LogP contribution is 2.62. The molecule has 0 aromatic heterocycles. The van der Waals surface area contributed by atoms with Gasteiger partial charge in [-0.15, -0.1) is 13.2 Å². The minimum atomic E-state index is -1.50. The molecule has 1 fully saturated rings. The number of carbonyl (C=O) groups is 1. The van der Waals surface area contributed by atoms with Crippen molar-refractivity contribution in [1.82, 2.24) is 4.90 Å². The maximum Gasteiger partial charge on any atom is 0.410 e. The predicted octanol–water partition coefficient (Wildman–Crippen LogP) is 11.4. The highest BCUT2D eigenvalue weighted by atomic mass is 16.7. The third kappa shape index (κ3) is 10.4. The van der Waals surface area contributed by atoms with Crippen LogP contribution in [0.4, 0.5) is 4.79 Å². The Bertz CT molecular complexity index is 2650. The van der Waals surface area contributed by atoms with Gasteiger partial charge in [-0.25, -0.2) is 4.79 Å². The van der Waals surface area contributed by atoms with Crippen LogP contribution >= 0.6 is 0 Å². The molecule has 1 amide bonds. The van der Waals surface area contributed by atoms with Gasteiger partial charge >= 0.3 is 6.09 Å². The number of oxime groups is 1. The number of unbranched alkanes of at least 4 members (excludes halogenated alkanes) is 2. The van der Waals surface area contributed by atoms with Gasteiger partial charge in [-0.3, -0.25) is 4.90 Å². The number of hydrogen-bond acceptors (Lipinski definition) is 11. The number of amides is 1. The summed E-state index contributed by atoms with van der Waals surface area (Å²) in [6.07, 6.45) is 10.4. The van der Waals surface area contributed by atoms with Crippen LogP contribution in [0.3, 0.4) is 0 Å². The minimum absolute atomic E-state index is 0.0151. The summed E-state index contributed by atoms with van der Waals surface area (Å²) in [5.74, 6) is 0.946. The fourth-order valence-corrected chi connectivity index (χ4v) is 10.7. The third-order valence-electron chi connectivity index (χ3n) is 13.8. The predicted molar refractivity (Wildman–Crippen MR) is 264 cm³/mol. The van der Waals surface area contributed by atoms with Gasteiger partial charge in [0, 0.05) is 37.7 Å². The average Bonchev–Trinajstić information content (AvgIpc) is 3.85. The van der Waals surface area contributed by atoms with E-state index in [-0.39, 0.29) is 70.5 Å². The van der Waals surface area contributed by atoms with Crippen LogP contribution in [-0.2, 0) is 27.5 Å². The lowest BCUT2D eigenvalue weighted by molar-refractivity contribution is -0.256. The Labute approximate surface area is 404 Å². The molecule has 12 nitrogen and oxygen atoms in total. The van der Waals surface area contributed by atoms with Gasteiger partial charge in [0.05, 0.1) is 24.8 Å². The Balaban J connectivity index is 1.23. The van der Waals surface area contributed by atoms with Crippen molar-refractivity contribution in [2.45, 2.75) is 82.3 Å². The quantitative estimate of drug-likeness (QED) is 0.0392. The van der Waals surface area contributed by atoms with E-state index in [0.717, 1.165) is 58.7 Å². The molecule has 1 saturated carbocycles. The second-order valence-corrected chi connectivity index (χ2v) is 18.1. The van der Waals surface area contributed by atoms with Gasteiger partial charge < -0.3 is 43.5 Å². The molecule has 2 N–H and O–H groups in total. The molecule has 5 aromatic carbocycles. The van der Waals surface area contributed by atoms with Gasteiger partial charge in [0.1, 0.15) is 29.9 Å². The van der Waals surface area contributed by atoms with Crippen LogP contribution in [0.15, 0.2) is 151 Å². The first-order valence-electron chi connectivity index (χ1n) is 24.3. The molecule has 360 valence electrons. The molecule has 4 aliphatic rings. The summed E-state index contributed by atoms with van der Waals surface area (Å²) in [5, 5.41) is 27.3. The summed E-state index contributed by atoms with van der Waals surface area (Å²) in [6.45, 7) is 8.81. The molecule has 0 bridgehead atoms. The maximum atomic E-state index is 14.9. The Hall–Kier alpha value is -6.60. The summed E-state index contributed by atoms with van der Waals surface area (Å²) < 4.78 is 38.9. The van der Waals surface area contributed by atoms with E-state index in [1.165, 1.54) is 0 Å². The van der Waals surface area contributed by atoms with Crippen molar-refractivity contribution in [2.24, 2.45) is 22.9 Å². The van der Waals surface area contributed by atoms with E-state index < -0.39 is 23.8 Å². The normalized spacial score (nSPS) is 22.4. The number of fused-ring (bicyclic) bond motifs is 4. The Morgan fingerprint density at radius 3 is 2.36 bits per heavy atom. The number of hydrogen-bond donors (Lipinski definition) is 2. The van der Waals surface area contributed by atoms with Gasteiger partial charge in [-0.1, -0.05) is 103 Å². The van der Waals surface area contributed by atoms with E-state index in [1.54, 1.807) is 17.1 Å². The Morgan fingerprint density at radius 1 is 0.797 bits per heavy atom. The van der Waals surface area contributed by atoms with Crippen molar-refractivity contribution in [1.29, 1.82) is 0 Å². The number of aliphatic hydroxyl groups is 2. The van der Waals surface area contributed by atoms with Crippen LogP contribution < -0.4 is 18.9 Å². The van der Waals surface area contributed by atoms with Gasteiger partial charge in [0.2, 0.25) is 12.6 Å². The van der Waals surface area contributed by atoms with Crippen molar-refractivity contribution in [2.75, 3.05) is 33.2 Å². The largest absolute Gasteiger partial charge is 0.459 e. The molecule has 12 heteroatoms. The van der Waals surface area contributed by atoms with E-state index in [0.29, 0.717) is 53.7 Å². The van der Waals surface area contributed by atoms with E-state index in [1.807, 2.05) is 84.9 Å². The lowest BCUT2D eigenvalue weighted by atomic mass is 9.55. The lowest BCUT2D eigenvalue weighted by Crippen LogP contribution is -2.70. The van der Waals surface area contributed by atoms with Crippen LogP contribution in [0.2, 0.25) is 0 Å². The number of allylic oxidation sites excluding steroid dienone is 1. The van der Waals surface area contributed by atoms with Gasteiger partial charge in [0.15, 0.2) is 11.5 Å². The zero-order chi connectivity index (χ0) is 47.6. The van der Waals surface area contributed by atoms with E-state index in [4.69, 9.17) is 38.4 Å². The SMILES string of the molecule is C=CCCOC(=O)N(Cc1ccc2c(c1)OCO2)C1CC(=NOCc2ccccc2)C2=CC(CCCCO)C(CCCCO)C3c4cc(Oc5ccc6ccccc6c5)ccc4OC1(OCC=C)C23. The summed E-state index contributed by atoms with van der Waals surface area (Å²) in [5.41, 5.74) is 4.30. The molecular formula is C57H62N2O10. The Kier molecular flexibility index (Phi) is 15.3. The van der Waals surface area contributed by atoms with Crippen molar-refractivity contribution in [3.8, 4) is 28.7 Å². The van der Waals surface area contributed by atoms with E-state index in [2.05, 4.69) is 43.5 Å².